The van der Waals surface area contributed by atoms with Gasteiger partial charge in [-0.1, -0.05) is 26.7 Å². The molecule has 1 aromatic rings. The molecule has 0 unspecified atom stereocenters. The van der Waals surface area contributed by atoms with Crippen molar-refractivity contribution in [1.29, 1.82) is 0 Å². The Bertz CT molecular complexity index is 622. The Morgan fingerprint density at radius 2 is 1.77 bits per heavy atom. The van der Waals surface area contributed by atoms with Crippen LogP contribution in [0.1, 0.15) is 49.9 Å². The molecule has 1 amide bonds. The molecular formula is C17H25NO3S. The molecule has 1 aromatic carbocycles. The summed E-state index contributed by atoms with van der Waals surface area (Å²) in [7, 11) is -1.36. The largest absolute Gasteiger partial charge is 0.338 e. The van der Waals surface area contributed by atoms with Crippen LogP contribution in [0.4, 0.5) is 0 Å². The van der Waals surface area contributed by atoms with E-state index in [2.05, 4.69) is 6.92 Å². The van der Waals surface area contributed by atoms with Crippen LogP contribution in [0, 0.1) is 5.92 Å². The van der Waals surface area contributed by atoms with E-state index in [1.807, 2.05) is 11.9 Å². The number of sulfone groups is 1. The molecular weight excluding hydrogens is 298 g/mol. The minimum absolute atomic E-state index is 0.0285. The highest BCUT2D eigenvalue weighted by Crippen LogP contribution is 2.28. The molecule has 2 rings (SSSR count). The van der Waals surface area contributed by atoms with Gasteiger partial charge in [-0.05, 0) is 43.0 Å². The average Bonchev–Trinajstić information content (AvgIpc) is 2.54. The fraction of sp³-hybridized carbons (Fsp3) is 0.588. The molecule has 122 valence electrons. The van der Waals surface area contributed by atoms with Crippen molar-refractivity contribution in [3.05, 3.63) is 29.8 Å². The van der Waals surface area contributed by atoms with Gasteiger partial charge in [0.15, 0.2) is 9.84 Å². The van der Waals surface area contributed by atoms with E-state index in [9.17, 15) is 13.2 Å². The van der Waals surface area contributed by atoms with Crippen molar-refractivity contribution in [2.45, 2.75) is 50.5 Å². The Morgan fingerprint density at radius 1 is 1.18 bits per heavy atom. The van der Waals surface area contributed by atoms with E-state index < -0.39 is 9.84 Å². The Labute approximate surface area is 133 Å². The van der Waals surface area contributed by atoms with Gasteiger partial charge in [0.1, 0.15) is 0 Å². The summed E-state index contributed by atoms with van der Waals surface area (Å²) in [5.74, 6) is 0.557. The van der Waals surface area contributed by atoms with Crippen molar-refractivity contribution in [1.82, 2.24) is 4.90 Å². The minimum Gasteiger partial charge on any atom is -0.338 e. The number of benzene rings is 1. The first-order chi connectivity index (χ1) is 10.4. The van der Waals surface area contributed by atoms with Crippen LogP contribution in [0.5, 0.6) is 0 Å². The molecule has 5 heteroatoms. The molecule has 0 spiro atoms. The third kappa shape index (κ3) is 3.51. The molecule has 0 aliphatic heterocycles. The van der Waals surface area contributed by atoms with Gasteiger partial charge in [-0.2, -0.15) is 0 Å². The monoisotopic (exact) mass is 323 g/mol. The molecule has 4 nitrogen and oxygen atoms in total. The molecule has 1 aliphatic rings. The first-order valence-corrected chi connectivity index (χ1v) is 9.62. The lowest BCUT2D eigenvalue weighted by Crippen LogP contribution is -2.42. The van der Waals surface area contributed by atoms with Gasteiger partial charge in [-0.15, -0.1) is 0 Å². The van der Waals surface area contributed by atoms with Crippen molar-refractivity contribution in [3.8, 4) is 0 Å². The lowest BCUT2D eigenvalue weighted by molar-refractivity contribution is 0.0629. The van der Waals surface area contributed by atoms with E-state index in [4.69, 9.17) is 0 Å². The van der Waals surface area contributed by atoms with E-state index >= 15 is 0 Å². The van der Waals surface area contributed by atoms with Crippen molar-refractivity contribution in [2.75, 3.05) is 12.8 Å². The topological polar surface area (TPSA) is 54.5 Å². The zero-order valence-corrected chi connectivity index (χ0v) is 14.4. The Morgan fingerprint density at radius 3 is 2.32 bits per heavy atom. The molecule has 1 saturated carbocycles. The number of carbonyl (C=O) groups is 1. The maximum Gasteiger partial charge on any atom is 0.253 e. The first kappa shape index (κ1) is 17.0. The van der Waals surface area contributed by atoms with Gasteiger partial charge in [0.25, 0.3) is 5.91 Å². The zero-order chi connectivity index (χ0) is 16.3. The van der Waals surface area contributed by atoms with Crippen LogP contribution >= 0.6 is 0 Å². The van der Waals surface area contributed by atoms with Gasteiger partial charge in [-0.25, -0.2) is 8.42 Å². The highest BCUT2D eigenvalue weighted by atomic mass is 32.2. The third-order valence-corrected chi connectivity index (χ3v) is 6.47. The predicted octanol–water partition coefficient (Wildman–Crippen LogP) is 3.13. The van der Waals surface area contributed by atoms with E-state index in [0.717, 1.165) is 12.8 Å². The smallest absolute Gasteiger partial charge is 0.253 e. The van der Waals surface area contributed by atoms with Crippen LogP contribution in [0.25, 0.3) is 0 Å². The summed E-state index contributed by atoms with van der Waals surface area (Å²) in [5.41, 5.74) is 0.551. The van der Waals surface area contributed by atoms with Crippen LogP contribution < -0.4 is 0 Å². The highest BCUT2D eigenvalue weighted by molar-refractivity contribution is 7.91. The van der Waals surface area contributed by atoms with Crippen molar-refractivity contribution in [2.24, 2.45) is 5.92 Å². The van der Waals surface area contributed by atoms with Crippen LogP contribution in [-0.2, 0) is 9.84 Å². The first-order valence-electron chi connectivity index (χ1n) is 7.96. The Hall–Kier alpha value is -1.36. The van der Waals surface area contributed by atoms with Crippen LogP contribution in [0.2, 0.25) is 0 Å². The fourth-order valence-corrected chi connectivity index (χ4v) is 4.08. The van der Waals surface area contributed by atoms with Crippen LogP contribution in [0.3, 0.4) is 0 Å². The van der Waals surface area contributed by atoms with E-state index in [0.29, 0.717) is 11.5 Å². The number of carbonyl (C=O) groups excluding carboxylic acids is 1. The van der Waals surface area contributed by atoms with Crippen molar-refractivity contribution < 1.29 is 13.2 Å². The van der Waals surface area contributed by atoms with Gasteiger partial charge >= 0.3 is 0 Å². The number of hydrogen-bond donors (Lipinski definition) is 0. The molecule has 0 aromatic heterocycles. The molecule has 1 aliphatic carbocycles. The lowest BCUT2D eigenvalue weighted by Gasteiger charge is -2.36. The van der Waals surface area contributed by atoms with Gasteiger partial charge < -0.3 is 4.90 Å². The summed E-state index contributed by atoms with van der Waals surface area (Å²) in [4.78, 5) is 14.7. The molecule has 0 heterocycles. The molecule has 2 atom stereocenters. The molecule has 22 heavy (non-hydrogen) atoms. The summed E-state index contributed by atoms with van der Waals surface area (Å²) < 4.78 is 23.6. The summed E-state index contributed by atoms with van der Waals surface area (Å²) in [5, 5.41) is 0. The van der Waals surface area contributed by atoms with Gasteiger partial charge in [0, 0.05) is 18.7 Å². The summed E-state index contributed by atoms with van der Waals surface area (Å²) >= 11 is 0. The fourth-order valence-electron chi connectivity index (χ4n) is 3.20. The third-order valence-electron chi connectivity index (χ3n) is 4.72. The second-order valence-corrected chi connectivity index (χ2v) is 8.45. The van der Waals surface area contributed by atoms with Crippen molar-refractivity contribution in [3.63, 3.8) is 0 Å². The predicted molar refractivity (Wildman–Crippen MR) is 87.7 cm³/mol. The molecule has 0 N–H and O–H groups in total. The second-order valence-electron chi connectivity index (χ2n) is 6.17. The summed E-state index contributed by atoms with van der Waals surface area (Å²) in [6, 6.07) is 6.58. The number of amides is 1. The molecule has 0 radical (unpaired) electrons. The Balaban J connectivity index is 2.15. The van der Waals surface area contributed by atoms with Gasteiger partial charge in [0.2, 0.25) is 0 Å². The Kier molecular flexibility index (Phi) is 5.27. The normalized spacial score (nSPS) is 22.3. The van der Waals surface area contributed by atoms with E-state index in [1.54, 1.807) is 19.1 Å². The van der Waals surface area contributed by atoms with Crippen LogP contribution in [-0.4, -0.2) is 38.1 Å². The van der Waals surface area contributed by atoms with E-state index in [1.165, 1.54) is 25.0 Å². The molecule has 0 saturated heterocycles. The SMILES string of the molecule is CCS(=O)(=O)c1ccc(C(=O)N(C)[C@@H]2CCCC[C@@H]2C)cc1. The minimum atomic E-state index is -3.22. The quantitative estimate of drug-likeness (QED) is 0.855. The number of hydrogen-bond acceptors (Lipinski definition) is 3. The highest BCUT2D eigenvalue weighted by Gasteiger charge is 2.28. The van der Waals surface area contributed by atoms with Crippen LogP contribution in [0.15, 0.2) is 29.2 Å². The number of nitrogens with zero attached hydrogens (tertiary/aromatic N) is 1. The lowest BCUT2D eigenvalue weighted by atomic mass is 9.85. The molecule has 1 fully saturated rings. The second kappa shape index (κ2) is 6.82. The molecule has 0 bridgehead atoms. The number of rotatable bonds is 4. The standard InChI is InChI=1S/C17H25NO3S/c1-4-22(20,21)15-11-9-14(10-12-15)17(19)18(3)16-8-6-5-7-13(16)2/h9-13,16H,4-8H2,1-3H3/t13-,16+/m0/s1. The maximum atomic E-state index is 12.6. The average molecular weight is 323 g/mol. The van der Waals surface area contributed by atoms with Gasteiger partial charge in [-0.3, -0.25) is 4.79 Å². The van der Waals surface area contributed by atoms with Gasteiger partial charge in [0.05, 0.1) is 10.6 Å². The summed E-state index contributed by atoms with van der Waals surface area (Å²) in [6.45, 7) is 3.82. The van der Waals surface area contributed by atoms with E-state index in [-0.39, 0.29) is 22.6 Å². The summed E-state index contributed by atoms with van der Waals surface area (Å²) in [6.07, 6.45) is 4.62. The maximum absolute atomic E-state index is 12.6. The van der Waals surface area contributed by atoms with Crippen molar-refractivity contribution >= 4 is 15.7 Å². The zero-order valence-electron chi connectivity index (χ0n) is 13.6.